The van der Waals surface area contributed by atoms with Crippen LogP contribution in [0.25, 0.3) is 0 Å². The summed E-state index contributed by atoms with van der Waals surface area (Å²) in [5.41, 5.74) is -3.77. The van der Waals surface area contributed by atoms with Crippen molar-refractivity contribution in [2.75, 3.05) is 26.4 Å². The van der Waals surface area contributed by atoms with Crippen molar-refractivity contribution in [3.63, 3.8) is 0 Å². The van der Waals surface area contributed by atoms with Gasteiger partial charge in [0.05, 0.1) is 35.9 Å². The van der Waals surface area contributed by atoms with Crippen molar-refractivity contribution in [1.29, 1.82) is 0 Å². The Balaban J connectivity index is 1.49. The molecule has 0 aromatic heterocycles. The Morgan fingerprint density at radius 3 is 2.36 bits per heavy atom. The standard InChI is InChI=1S/C25H32F6N2O3/c1-15(2)23(5-3-19(12-23)33-6-8-36-21-14-35-7-4-20(21)33)22(34)32-13-16-9-17(24(26,27)28)11-18(10-16)25(29,30)31/h9-11,15,19-21H,3-8,12-14H2,1-2H3,(H,32,34)/t19?,20?,21?,23-/m0/s1. The molecule has 36 heavy (non-hydrogen) atoms. The molecule has 1 saturated carbocycles. The van der Waals surface area contributed by atoms with Gasteiger partial charge in [-0.15, -0.1) is 0 Å². The fraction of sp³-hybridized carbons (Fsp3) is 0.720. The predicted octanol–water partition coefficient (Wildman–Crippen LogP) is 5.03. The van der Waals surface area contributed by atoms with Crippen LogP contribution < -0.4 is 5.32 Å². The minimum Gasteiger partial charge on any atom is -0.379 e. The maximum absolute atomic E-state index is 13.4. The van der Waals surface area contributed by atoms with Gasteiger partial charge in [0.25, 0.3) is 0 Å². The third-order valence-corrected chi connectivity index (χ3v) is 8.03. The van der Waals surface area contributed by atoms with Crippen molar-refractivity contribution in [1.82, 2.24) is 10.2 Å². The molecule has 0 bridgehead atoms. The maximum atomic E-state index is 13.4. The third-order valence-electron chi connectivity index (χ3n) is 8.03. The van der Waals surface area contributed by atoms with Crippen LogP contribution in [0, 0.1) is 11.3 Å². The van der Waals surface area contributed by atoms with Crippen molar-refractivity contribution in [2.24, 2.45) is 11.3 Å². The van der Waals surface area contributed by atoms with Gasteiger partial charge in [-0.2, -0.15) is 26.3 Å². The summed E-state index contributed by atoms with van der Waals surface area (Å²) in [5, 5.41) is 2.66. The van der Waals surface area contributed by atoms with E-state index in [-0.39, 0.29) is 41.6 Å². The number of morpholine rings is 1. The highest BCUT2D eigenvalue weighted by Crippen LogP contribution is 2.47. The van der Waals surface area contributed by atoms with Gasteiger partial charge in [0.15, 0.2) is 0 Å². The normalized spacial score (nSPS) is 29.9. The lowest BCUT2D eigenvalue weighted by Crippen LogP contribution is -2.58. The monoisotopic (exact) mass is 522 g/mol. The molecule has 3 fully saturated rings. The van der Waals surface area contributed by atoms with E-state index in [9.17, 15) is 31.1 Å². The number of fused-ring (bicyclic) bond motifs is 1. The summed E-state index contributed by atoms with van der Waals surface area (Å²) in [6.07, 6.45) is -7.05. The van der Waals surface area contributed by atoms with Crippen LogP contribution in [0.2, 0.25) is 0 Å². The lowest BCUT2D eigenvalue weighted by molar-refractivity contribution is -0.147. The fourth-order valence-electron chi connectivity index (χ4n) is 5.97. The van der Waals surface area contributed by atoms with Crippen LogP contribution in [0.3, 0.4) is 0 Å². The summed E-state index contributed by atoms with van der Waals surface area (Å²) in [6, 6.07) is 1.78. The molecular formula is C25H32F6N2O3. The Kier molecular flexibility index (Phi) is 7.65. The first kappa shape index (κ1) is 27.2. The molecule has 0 radical (unpaired) electrons. The Hall–Kier alpha value is -1.85. The summed E-state index contributed by atoms with van der Waals surface area (Å²) < 4.78 is 90.7. The second kappa shape index (κ2) is 10.1. The van der Waals surface area contributed by atoms with Crippen LogP contribution in [0.15, 0.2) is 18.2 Å². The first-order valence-electron chi connectivity index (χ1n) is 12.3. The Bertz CT molecular complexity index is 916. The summed E-state index contributed by atoms with van der Waals surface area (Å²) in [4.78, 5) is 15.9. The topological polar surface area (TPSA) is 50.8 Å². The summed E-state index contributed by atoms with van der Waals surface area (Å²) in [7, 11) is 0. The summed E-state index contributed by atoms with van der Waals surface area (Å²) in [6.45, 7) is 5.99. The molecule has 4 rings (SSSR count). The molecule has 2 heterocycles. The average Bonchev–Trinajstić information content (AvgIpc) is 3.28. The summed E-state index contributed by atoms with van der Waals surface area (Å²) >= 11 is 0. The first-order chi connectivity index (χ1) is 16.8. The van der Waals surface area contributed by atoms with Crippen molar-refractivity contribution in [3.05, 3.63) is 34.9 Å². The van der Waals surface area contributed by atoms with Crippen molar-refractivity contribution in [2.45, 2.75) is 76.6 Å². The van der Waals surface area contributed by atoms with Gasteiger partial charge >= 0.3 is 12.4 Å². The lowest BCUT2D eigenvalue weighted by Gasteiger charge is -2.46. The maximum Gasteiger partial charge on any atom is 0.416 e. The predicted molar refractivity (Wildman–Crippen MR) is 119 cm³/mol. The molecule has 1 aromatic carbocycles. The molecule has 202 valence electrons. The zero-order valence-corrected chi connectivity index (χ0v) is 20.3. The SMILES string of the molecule is CC(C)[C@]1(C(=O)NCc2cc(C(F)(F)F)cc(C(F)(F)F)c2)CCC(N2CCOC3COCCC32)C1. The smallest absolute Gasteiger partial charge is 0.379 e. The zero-order chi connectivity index (χ0) is 26.3. The Morgan fingerprint density at radius 2 is 1.75 bits per heavy atom. The molecule has 1 N–H and O–H groups in total. The number of nitrogens with zero attached hydrogens (tertiary/aromatic N) is 1. The average molecular weight is 523 g/mol. The van der Waals surface area contributed by atoms with Crippen LogP contribution in [-0.2, 0) is 33.2 Å². The second-order valence-electron chi connectivity index (χ2n) is 10.4. The zero-order valence-electron chi connectivity index (χ0n) is 20.3. The highest BCUT2D eigenvalue weighted by molar-refractivity contribution is 5.83. The molecule has 1 amide bonds. The number of hydrogen-bond donors (Lipinski definition) is 1. The van der Waals surface area contributed by atoms with Gasteiger partial charge in [-0.1, -0.05) is 13.8 Å². The first-order valence-corrected chi connectivity index (χ1v) is 12.3. The fourth-order valence-corrected chi connectivity index (χ4v) is 5.97. The van der Waals surface area contributed by atoms with Crippen LogP contribution in [0.1, 0.15) is 56.2 Å². The molecule has 0 spiro atoms. The Labute approximate surface area is 206 Å². The van der Waals surface area contributed by atoms with E-state index < -0.39 is 35.4 Å². The number of alkyl halides is 6. The minimum absolute atomic E-state index is 0.000820. The van der Waals surface area contributed by atoms with Crippen LogP contribution in [0.5, 0.6) is 0 Å². The second-order valence-corrected chi connectivity index (χ2v) is 10.4. The Morgan fingerprint density at radius 1 is 1.08 bits per heavy atom. The van der Waals surface area contributed by atoms with E-state index in [1.165, 1.54) is 0 Å². The molecular weight excluding hydrogens is 490 g/mol. The van der Waals surface area contributed by atoms with Gasteiger partial charge in [0.1, 0.15) is 0 Å². The van der Waals surface area contributed by atoms with E-state index in [1.807, 2.05) is 13.8 Å². The molecule has 3 unspecified atom stereocenters. The summed E-state index contributed by atoms with van der Waals surface area (Å²) in [5.74, 6) is -0.385. The van der Waals surface area contributed by atoms with Crippen molar-refractivity contribution >= 4 is 5.91 Å². The van der Waals surface area contributed by atoms with Gasteiger partial charge in [-0.05, 0) is 55.4 Å². The van der Waals surface area contributed by atoms with E-state index in [1.54, 1.807) is 0 Å². The number of amides is 1. The van der Waals surface area contributed by atoms with E-state index in [0.717, 1.165) is 19.4 Å². The van der Waals surface area contributed by atoms with Gasteiger partial charge in [0.2, 0.25) is 5.91 Å². The van der Waals surface area contributed by atoms with Crippen molar-refractivity contribution in [3.8, 4) is 0 Å². The van der Waals surface area contributed by atoms with Gasteiger partial charge in [-0.25, -0.2) is 0 Å². The minimum atomic E-state index is -4.93. The number of nitrogens with one attached hydrogen (secondary N) is 1. The number of carbonyl (C=O) groups excluding carboxylic acids is 1. The van der Waals surface area contributed by atoms with Crippen LogP contribution >= 0.6 is 0 Å². The molecule has 5 nitrogen and oxygen atoms in total. The quantitative estimate of drug-likeness (QED) is 0.552. The third kappa shape index (κ3) is 5.52. The number of rotatable bonds is 5. The largest absolute Gasteiger partial charge is 0.416 e. The number of carbonyl (C=O) groups is 1. The van der Waals surface area contributed by atoms with Crippen molar-refractivity contribution < 1.29 is 40.6 Å². The number of ether oxygens (including phenoxy) is 2. The molecule has 2 saturated heterocycles. The highest BCUT2D eigenvalue weighted by atomic mass is 19.4. The van der Waals surface area contributed by atoms with Gasteiger partial charge in [-0.3, -0.25) is 9.69 Å². The number of benzene rings is 1. The van der Waals surface area contributed by atoms with E-state index >= 15 is 0 Å². The van der Waals surface area contributed by atoms with E-state index in [4.69, 9.17) is 9.47 Å². The van der Waals surface area contributed by atoms with Crippen LogP contribution in [-0.4, -0.2) is 55.4 Å². The number of hydrogen-bond acceptors (Lipinski definition) is 4. The van der Waals surface area contributed by atoms with Gasteiger partial charge < -0.3 is 14.8 Å². The van der Waals surface area contributed by atoms with E-state index in [0.29, 0.717) is 44.8 Å². The molecule has 2 aliphatic heterocycles. The lowest BCUT2D eigenvalue weighted by atomic mass is 9.74. The molecule has 1 aromatic rings. The molecule has 4 atom stereocenters. The molecule has 1 aliphatic carbocycles. The molecule has 11 heteroatoms. The highest BCUT2D eigenvalue weighted by Gasteiger charge is 2.51. The molecule has 3 aliphatic rings. The van der Waals surface area contributed by atoms with E-state index in [2.05, 4.69) is 10.2 Å². The van der Waals surface area contributed by atoms with Crippen LogP contribution in [0.4, 0.5) is 26.3 Å². The van der Waals surface area contributed by atoms with Gasteiger partial charge in [0, 0.05) is 31.8 Å². The number of halogens is 6.